The van der Waals surface area contributed by atoms with Crippen LogP contribution in [-0.4, -0.2) is 20.0 Å². The maximum Gasteiger partial charge on any atom is 0.232 e. The van der Waals surface area contributed by atoms with Crippen molar-refractivity contribution in [3.63, 3.8) is 0 Å². The summed E-state index contributed by atoms with van der Waals surface area (Å²) in [5.41, 5.74) is 2.81. The van der Waals surface area contributed by atoms with Gasteiger partial charge in [-0.25, -0.2) is 8.42 Å². The third-order valence-electron chi connectivity index (χ3n) is 3.66. The predicted molar refractivity (Wildman–Crippen MR) is 103 cm³/mol. The van der Waals surface area contributed by atoms with E-state index in [1.54, 1.807) is 37.3 Å². The van der Waals surface area contributed by atoms with Gasteiger partial charge in [0.2, 0.25) is 10.0 Å². The molecule has 5 nitrogen and oxygen atoms in total. The van der Waals surface area contributed by atoms with E-state index < -0.39 is 10.0 Å². The Labute approximate surface area is 156 Å². The number of halogens is 1. The summed E-state index contributed by atoms with van der Waals surface area (Å²) in [5.74, 6) is 1.24. The molecule has 0 fully saturated rings. The van der Waals surface area contributed by atoms with Crippen molar-refractivity contribution >= 4 is 37.4 Å². The van der Waals surface area contributed by atoms with Crippen LogP contribution in [0.5, 0.6) is 11.5 Å². The SMILES string of the molecule is CCS(=O)(=O)Nc1ccc(Oc2c(C)cc(C(C)=O)cc2C)c(Br)c1. The van der Waals surface area contributed by atoms with Gasteiger partial charge in [-0.3, -0.25) is 9.52 Å². The predicted octanol–water partition coefficient (Wildman–Crippen LogP) is 4.82. The molecule has 1 N–H and O–H groups in total. The highest BCUT2D eigenvalue weighted by Gasteiger charge is 2.13. The largest absolute Gasteiger partial charge is 0.456 e. The lowest BCUT2D eigenvalue weighted by Gasteiger charge is -2.15. The van der Waals surface area contributed by atoms with Crippen LogP contribution >= 0.6 is 15.9 Å². The number of hydrogen-bond donors (Lipinski definition) is 1. The van der Waals surface area contributed by atoms with Crippen molar-refractivity contribution in [2.45, 2.75) is 27.7 Å². The first-order valence-electron chi connectivity index (χ1n) is 7.73. The molecule has 0 spiro atoms. The molecular weight excluding hydrogens is 406 g/mol. The Morgan fingerprint density at radius 1 is 1.16 bits per heavy atom. The van der Waals surface area contributed by atoms with Crippen molar-refractivity contribution in [2.24, 2.45) is 0 Å². The molecule has 25 heavy (non-hydrogen) atoms. The number of carbonyl (C=O) groups is 1. The van der Waals surface area contributed by atoms with Gasteiger partial charge >= 0.3 is 0 Å². The lowest BCUT2D eigenvalue weighted by molar-refractivity contribution is 0.101. The smallest absolute Gasteiger partial charge is 0.232 e. The highest BCUT2D eigenvalue weighted by Crippen LogP contribution is 2.35. The van der Waals surface area contributed by atoms with E-state index in [0.717, 1.165) is 11.1 Å². The van der Waals surface area contributed by atoms with E-state index in [4.69, 9.17) is 4.74 Å². The number of nitrogens with one attached hydrogen (secondary N) is 1. The molecule has 134 valence electrons. The summed E-state index contributed by atoms with van der Waals surface area (Å²) in [6, 6.07) is 8.57. The first-order valence-corrected chi connectivity index (χ1v) is 10.2. The van der Waals surface area contributed by atoms with Crippen LogP contribution in [0.25, 0.3) is 0 Å². The molecule has 0 radical (unpaired) electrons. The molecule has 2 rings (SSSR count). The molecule has 0 aliphatic carbocycles. The number of ketones is 1. The second-order valence-electron chi connectivity index (χ2n) is 5.75. The Kier molecular flexibility index (Phi) is 5.90. The van der Waals surface area contributed by atoms with E-state index in [2.05, 4.69) is 20.7 Å². The highest BCUT2D eigenvalue weighted by atomic mass is 79.9. The standard InChI is InChI=1S/C18H20BrNO4S/c1-5-25(22,23)20-15-6-7-17(16(19)10-15)24-18-11(2)8-14(13(4)21)9-12(18)3/h6-10,20H,5H2,1-4H3. The van der Waals surface area contributed by atoms with E-state index in [-0.39, 0.29) is 11.5 Å². The fraction of sp³-hybridized carbons (Fsp3) is 0.278. The first-order chi connectivity index (χ1) is 11.6. The number of rotatable bonds is 6. The summed E-state index contributed by atoms with van der Waals surface area (Å²) in [6.07, 6.45) is 0. The van der Waals surface area contributed by atoms with Crippen LogP contribution in [0.2, 0.25) is 0 Å². The van der Waals surface area contributed by atoms with Crippen LogP contribution in [0.4, 0.5) is 5.69 Å². The molecule has 0 aliphatic rings. The zero-order chi connectivity index (χ0) is 18.8. The number of anilines is 1. The maximum absolute atomic E-state index is 11.6. The summed E-state index contributed by atoms with van der Waals surface area (Å²) in [5, 5.41) is 0. The number of carbonyl (C=O) groups excluding carboxylic acids is 1. The van der Waals surface area contributed by atoms with Crippen molar-refractivity contribution in [1.82, 2.24) is 0 Å². The zero-order valence-corrected chi connectivity index (χ0v) is 16.9. The van der Waals surface area contributed by atoms with Gasteiger partial charge in [0.1, 0.15) is 11.5 Å². The molecule has 0 heterocycles. The first kappa shape index (κ1) is 19.5. The molecule has 0 unspecified atom stereocenters. The molecule has 0 amide bonds. The molecule has 7 heteroatoms. The van der Waals surface area contributed by atoms with E-state index >= 15 is 0 Å². The lowest BCUT2D eigenvalue weighted by atomic mass is 10.0. The topological polar surface area (TPSA) is 72.5 Å². The van der Waals surface area contributed by atoms with Gasteiger partial charge in [-0.1, -0.05) is 0 Å². The van der Waals surface area contributed by atoms with Gasteiger partial charge in [0, 0.05) is 11.3 Å². The molecule has 0 atom stereocenters. The van der Waals surface area contributed by atoms with Gasteiger partial charge in [-0.05, 0) is 85.1 Å². The number of aryl methyl sites for hydroxylation is 2. The minimum absolute atomic E-state index is 0.00373. The van der Waals surface area contributed by atoms with Gasteiger partial charge in [0.05, 0.1) is 10.2 Å². The average molecular weight is 426 g/mol. The Morgan fingerprint density at radius 3 is 2.24 bits per heavy atom. The number of ether oxygens (including phenoxy) is 1. The highest BCUT2D eigenvalue weighted by molar-refractivity contribution is 9.10. The summed E-state index contributed by atoms with van der Waals surface area (Å²) in [6.45, 7) is 6.87. The molecule has 2 aromatic rings. The molecule has 0 bridgehead atoms. The van der Waals surface area contributed by atoms with Crippen LogP contribution in [0.1, 0.15) is 35.3 Å². The van der Waals surface area contributed by atoms with Crippen LogP contribution in [-0.2, 0) is 10.0 Å². The van der Waals surface area contributed by atoms with E-state index in [1.807, 2.05) is 13.8 Å². The second-order valence-corrected chi connectivity index (χ2v) is 8.61. The second kappa shape index (κ2) is 7.58. The van der Waals surface area contributed by atoms with Gasteiger partial charge in [-0.15, -0.1) is 0 Å². The molecular formula is C18H20BrNO4S. The normalized spacial score (nSPS) is 11.2. The molecule has 0 saturated carbocycles. The van der Waals surface area contributed by atoms with Crippen molar-refractivity contribution in [3.8, 4) is 11.5 Å². The third-order valence-corrected chi connectivity index (χ3v) is 5.59. The summed E-state index contributed by atoms with van der Waals surface area (Å²) in [4.78, 5) is 11.5. The number of Topliss-reactive ketones (excluding diaryl/α,β-unsaturated/α-hetero) is 1. The van der Waals surface area contributed by atoms with E-state index in [9.17, 15) is 13.2 Å². The van der Waals surface area contributed by atoms with Gasteiger partial charge in [0.25, 0.3) is 0 Å². The van der Waals surface area contributed by atoms with Crippen LogP contribution in [0, 0.1) is 13.8 Å². The van der Waals surface area contributed by atoms with Crippen molar-refractivity contribution in [2.75, 3.05) is 10.5 Å². The van der Waals surface area contributed by atoms with E-state index in [0.29, 0.717) is 27.2 Å². The third kappa shape index (κ3) is 4.83. The molecule has 0 aromatic heterocycles. The number of sulfonamides is 1. The molecule has 0 aliphatic heterocycles. The van der Waals surface area contributed by atoms with Crippen LogP contribution in [0.15, 0.2) is 34.8 Å². The minimum Gasteiger partial charge on any atom is -0.456 e. The number of hydrogen-bond acceptors (Lipinski definition) is 4. The summed E-state index contributed by atoms with van der Waals surface area (Å²) < 4.78 is 32.4. The Balaban J connectivity index is 2.31. The summed E-state index contributed by atoms with van der Waals surface area (Å²) >= 11 is 3.41. The average Bonchev–Trinajstić information content (AvgIpc) is 2.52. The van der Waals surface area contributed by atoms with Crippen molar-refractivity contribution < 1.29 is 17.9 Å². The van der Waals surface area contributed by atoms with Crippen molar-refractivity contribution in [1.29, 1.82) is 0 Å². The fourth-order valence-electron chi connectivity index (χ4n) is 2.32. The molecule has 0 saturated heterocycles. The number of benzene rings is 2. The Bertz CT molecular complexity index is 900. The van der Waals surface area contributed by atoms with Crippen LogP contribution in [0.3, 0.4) is 0 Å². The van der Waals surface area contributed by atoms with Crippen molar-refractivity contribution in [3.05, 3.63) is 51.5 Å². The van der Waals surface area contributed by atoms with Gasteiger partial charge in [0.15, 0.2) is 5.78 Å². The lowest BCUT2D eigenvalue weighted by Crippen LogP contribution is -2.14. The fourth-order valence-corrected chi connectivity index (χ4v) is 3.41. The minimum atomic E-state index is -3.33. The van der Waals surface area contributed by atoms with Crippen LogP contribution < -0.4 is 9.46 Å². The monoisotopic (exact) mass is 425 g/mol. The van der Waals surface area contributed by atoms with Gasteiger partial charge in [-0.2, -0.15) is 0 Å². The Morgan fingerprint density at radius 2 is 1.76 bits per heavy atom. The Hall–Kier alpha value is -1.86. The quantitative estimate of drug-likeness (QED) is 0.672. The summed E-state index contributed by atoms with van der Waals surface area (Å²) in [7, 11) is -3.33. The zero-order valence-electron chi connectivity index (χ0n) is 14.5. The maximum atomic E-state index is 11.6. The van der Waals surface area contributed by atoms with Gasteiger partial charge < -0.3 is 4.74 Å². The van der Waals surface area contributed by atoms with E-state index in [1.165, 1.54) is 6.92 Å². The molecule has 2 aromatic carbocycles.